The lowest BCUT2D eigenvalue weighted by molar-refractivity contribution is -0.384. The van der Waals surface area contributed by atoms with E-state index in [-0.39, 0.29) is 34.8 Å². The number of sulfonamides is 1. The average molecular weight is 971 g/mol. The van der Waals surface area contributed by atoms with Crippen molar-refractivity contribution in [1.82, 2.24) is 29.6 Å². The number of ether oxygens (including phenoxy) is 1. The van der Waals surface area contributed by atoms with E-state index in [1.165, 1.54) is 43.1 Å². The zero-order chi connectivity index (χ0) is 48.5. The highest BCUT2D eigenvalue weighted by molar-refractivity contribution is 7.90. The summed E-state index contributed by atoms with van der Waals surface area (Å²) >= 11 is 0. The fourth-order valence-corrected chi connectivity index (χ4v) is 13.4. The predicted octanol–water partition coefficient (Wildman–Crippen LogP) is 9.06. The van der Waals surface area contributed by atoms with Gasteiger partial charge in [-0.2, -0.15) is 4.98 Å². The lowest BCUT2D eigenvalue weighted by Crippen LogP contribution is -2.55. The highest BCUT2D eigenvalue weighted by Crippen LogP contribution is 2.54. The lowest BCUT2D eigenvalue weighted by Gasteiger charge is -2.56. The van der Waals surface area contributed by atoms with Gasteiger partial charge in [-0.05, 0) is 136 Å². The number of piperidine rings is 1. The summed E-state index contributed by atoms with van der Waals surface area (Å²) in [7, 11) is -4.75. The monoisotopic (exact) mass is 970 g/mol. The Morgan fingerprint density at radius 3 is 2.54 bits per heavy atom. The minimum absolute atomic E-state index is 0.0448. The number of nitrogens with zero attached hydrogens (tertiary/aromatic N) is 6. The first-order valence-electron chi connectivity index (χ1n) is 25.0. The van der Waals surface area contributed by atoms with Crippen molar-refractivity contribution in [2.75, 3.05) is 54.4 Å². The normalized spacial score (nSPS) is 22.9. The minimum Gasteiger partial charge on any atom is -0.474 e. The fraction of sp³-hybridized carbons (Fsp3) is 0.481. The third-order valence-corrected chi connectivity index (χ3v) is 17.6. The minimum atomic E-state index is -4.75. The van der Waals surface area contributed by atoms with Crippen LogP contribution >= 0.6 is 0 Å². The summed E-state index contributed by atoms with van der Waals surface area (Å²) in [6.07, 6.45) is 12.7. The maximum absolute atomic E-state index is 14.6. The topological polar surface area (TPSA) is 215 Å². The number of aromatic amines is 2. The molecule has 6 heterocycles. The Kier molecular flexibility index (Phi) is 11.8. The van der Waals surface area contributed by atoms with Gasteiger partial charge in [-0.1, -0.05) is 38.1 Å². The van der Waals surface area contributed by atoms with E-state index in [4.69, 9.17) is 9.72 Å². The third kappa shape index (κ3) is 8.50. The Hall–Kier alpha value is -6.24. The lowest BCUT2D eigenvalue weighted by atomic mass is 9.59. The van der Waals surface area contributed by atoms with Gasteiger partial charge in [0.25, 0.3) is 21.6 Å². The number of rotatable bonds is 12. The highest BCUT2D eigenvalue weighted by atomic mass is 32.2. The molecule has 5 N–H and O–H groups in total. The van der Waals surface area contributed by atoms with Gasteiger partial charge in [0.2, 0.25) is 5.88 Å². The summed E-state index contributed by atoms with van der Waals surface area (Å²) in [5.41, 5.74) is 5.04. The first-order chi connectivity index (χ1) is 33.7. The number of amides is 1. The SMILES string of the molecule is CC(C)c1ccccc1[C@@H]1CCCN1C1CC2(CCN(c3ccc(C(=O)NS(=O)(=O)c4cc([N+](=O)[O-])c(NC[C@H]5CC[C@](C)(O)CC5)c5[nH]cnc45)c(N4CCOc5nc6[nH]ccc6cc54)c3)CC2)C1. The Balaban J connectivity index is 0.855. The molecule has 0 unspecified atom stereocenters. The summed E-state index contributed by atoms with van der Waals surface area (Å²) in [6, 6.07) is 20.4. The number of imidazole rings is 1. The molecule has 0 bridgehead atoms. The standard InChI is InChI=1S/C52H62N10O7S/c1-32(2)37-7-4-5-8-38(37)40-9-6-20-60(40)36-28-52(29-36)17-21-59(22-18-52)35-10-11-39(41(26-35)61-23-24-69-50-43(61)25-34-14-19-53-48(34)57-50)49(63)58-70(67,68)44-27-42(62(65)66)45(47-46(44)55-31-56-47)54-30-33-12-15-51(3,64)16-13-33/h4-5,7-8,10-11,14,19,25-27,31-33,36,40,54,64H,6,9,12-13,15-18,20-24,28-30H2,1-3H3,(H,53,57)(H,55,56)(H,58,63)/t33-,40-,51-/m0/s1. The molecule has 368 valence electrons. The van der Waals surface area contributed by atoms with Gasteiger partial charge >= 0.3 is 0 Å². The van der Waals surface area contributed by atoms with Crippen LogP contribution in [0.3, 0.4) is 0 Å². The molecule has 5 aliphatic rings. The zero-order valence-electron chi connectivity index (χ0n) is 40.0. The molecule has 70 heavy (non-hydrogen) atoms. The summed E-state index contributed by atoms with van der Waals surface area (Å²) in [6.45, 7) is 10.3. The van der Waals surface area contributed by atoms with Crippen molar-refractivity contribution in [3.8, 4) is 5.88 Å². The summed E-state index contributed by atoms with van der Waals surface area (Å²) in [4.78, 5) is 48.2. The molecular formula is C52H62N10O7S. The van der Waals surface area contributed by atoms with Crippen molar-refractivity contribution in [1.29, 1.82) is 0 Å². The van der Waals surface area contributed by atoms with E-state index in [2.05, 4.69) is 72.9 Å². The van der Waals surface area contributed by atoms with E-state index in [1.807, 2.05) is 36.1 Å². The number of fused-ring (bicyclic) bond motifs is 3. The first kappa shape index (κ1) is 46.2. The molecule has 2 saturated carbocycles. The highest BCUT2D eigenvalue weighted by Gasteiger charge is 2.50. The second kappa shape index (κ2) is 17.9. The average Bonchev–Trinajstić information content (AvgIpc) is 4.14. The molecule has 18 heteroatoms. The molecule has 4 fully saturated rings. The second-order valence-corrected chi connectivity index (χ2v) is 22.7. The quantitative estimate of drug-likeness (QED) is 0.0572. The molecule has 3 aliphatic heterocycles. The molecule has 2 saturated heterocycles. The van der Waals surface area contributed by atoms with Gasteiger partial charge in [0.1, 0.15) is 34.0 Å². The van der Waals surface area contributed by atoms with E-state index >= 15 is 0 Å². The van der Waals surface area contributed by atoms with Gasteiger partial charge in [-0.15, -0.1) is 0 Å². The van der Waals surface area contributed by atoms with Crippen LogP contribution in [-0.2, 0) is 10.0 Å². The van der Waals surface area contributed by atoms with Crippen molar-refractivity contribution in [3.63, 3.8) is 0 Å². The number of hydrogen-bond acceptors (Lipinski definition) is 13. The van der Waals surface area contributed by atoms with Crippen molar-refractivity contribution in [2.24, 2.45) is 11.3 Å². The molecule has 0 radical (unpaired) electrons. The maximum Gasteiger partial charge on any atom is 0.296 e. The van der Waals surface area contributed by atoms with Gasteiger partial charge in [0.05, 0.1) is 40.2 Å². The van der Waals surface area contributed by atoms with Gasteiger partial charge in [0, 0.05) is 55.1 Å². The third-order valence-electron chi connectivity index (χ3n) is 16.2. The van der Waals surface area contributed by atoms with Gasteiger partial charge < -0.3 is 34.9 Å². The smallest absolute Gasteiger partial charge is 0.296 e. The van der Waals surface area contributed by atoms with Gasteiger partial charge in [-0.25, -0.2) is 18.1 Å². The molecule has 1 atom stereocenters. The Morgan fingerprint density at radius 2 is 1.77 bits per heavy atom. The molecule has 3 aromatic carbocycles. The number of nitrogens with one attached hydrogen (secondary N) is 4. The molecular weight excluding hydrogens is 909 g/mol. The number of benzene rings is 3. The summed E-state index contributed by atoms with van der Waals surface area (Å²) in [5.74, 6) is 0.122. The molecule has 2 aliphatic carbocycles. The number of anilines is 4. The zero-order valence-corrected chi connectivity index (χ0v) is 40.9. The molecule has 1 amide bonds. The van der Waals surface area contributed by atoms with Crippen LogP contribution in [0.25, 0.3) is 22.1 Å². The van der Waals surface area contributed by atoms with E-state index in [9.17, 15) is 28.4 Å². The summed E-state index contributed by atoms with van der Waals surface area (Å²) < 4.78 is 37.2. The van der Waals surface area contributed by atoms with Crippen molar-refractivity contribution < 1.29 is 28.0 Å². The number of aromatic nitrogens is 4. The number of carbonyl (C=O) groups is 1. The predicted molar refractivity (Wildman–Crippen MR) is 270 cm³/mol. The van der Waals surface area contributed by atoms with Crippen LogP contribution in [0.4, 0.5) is 28.4 Å². The first-order valence-corrected chi connectivity index (χ1v) is 26.4. The van der Waals surface area contributed by atoms with Crippen LogP contribution in [0.1, 0.15) is 118 Å². The molecule has 11 rings (SSSR count). The van der Waals surface area contributed by atoms with Crippen LogP contribution < -0.4 is 24.6 Å². The Morgan fingerprint density at radius 1 is 0.986 bits per heavy atom. The molecule has 6 aromatic rings. The van der Waals surface area contributed by atoms with Crippen molar-refractivity contribution in [2.45, 2.75) is 113 Å². The van der Waals surface area contributed by atoms with Crippen LogP contribution in [0.15, 0.2) is 78.1 Å². The van der Waals surface area contributed by atoms with Crippen LogP contribution in [0, 0.1) is 21.4 Å². The fourth-order valence-electron chi connectivity index (χ4n) is 12.3. The number of H-pyrrole nitrogens is 2. The number of carbonyl (C=O) groups excluding carboxylic acids is 1. The summed E-state index contributed by atoms with van der Waals surface area (Å²) in [5, 5.41) is 27.1. The van der Waals surface area contributed by atoms with Crippen molar-refractivity contribution in [3.05, 3.63) is 100.0 Å². The van der Waals surface area contributed by atoms with Crippen LogP contribution in [0.5, 0.6) is 5.88 Å². The van der Waals surface area contributed by atoms with E-state index in [0.717, 1.165) is 62.5 Å². The maximum atomic E-state index is 14.6. The second-order valence-electron chi connectivity index (χ2n) is 21.1. The number of nitro groups is 1. The number of hydrogen-bond donors (Lipinski definition) is 5. The van der Waals surface area contributed by atoms with Gasteiger partial charge in [0.15, 0.2) is 0 Å². The Labute approximate surface area is 407 Å². The van der Waals surface area contributed by atoms with E-state index in [1.54, 1.807) is 12.3 Å². The largest absolute Gasteiger partial charge is 0.474 e. The molecule has 1 spiro atoms. The molecule has 17 nitrogen and oxygen atoms in total. The van der Waals surface area contributed by atoms with Crippen molar-refractivity contribution >= 4 is 66.4 Å². The number of pyridine rings is 1. The number of nitro benzene ring substituents is 1. The van der Waals surface area contributed by atoms with Gasteiger partial charge in [-0.3, -0.25) is 19.8 Å². The number of likely N-dealkylation sites (tertiary alicyclic amines) is 1. The van der Waals surface area contributed by atoms with E-state index in [0.29, 0.717) is 72.2 Å². The van der Waals surface area contributed by atoms with Crippen LogP contribution in [-0.4, -0.2) is 100 Å². The molecule has 3 aromatic heterocycles. The number of aliphatic hydroxyl groups is 1. The van der Waals surface area contributed by atoms with Crippen LogP contribution in [0.2, 0.25) is 0 Å². The Bertz CT molecular complexity index is 3090. The van der Waals surface area contributed by atoms with E-state index < -0.39 is 37.0 Å².